The molecule has 0 saturated heterocycles. The molecule has 0 rings (SSSR count). The van der Waals surface area contributed by atoms with Gasteiger partial charge in [0.1, 0.15) is 0 Å². The molecule has 0 atom stereocenters. The normalized spacial score (nSPS) is 4.00. The van der Waals surface area contributed by atoms with Crippen LogP contribution in [0.1, 0.15) is 0 Å². The van der Waals surface area contributed by atoms with E-state index < -0.39 is 0 Å². The zero-order chi connectivity index (χ0) is 17.7. The first-order chi connectivity index (χ1) is 9.49. The Labute approximate surface area is 185 Å². The van der Waals surface area contributed by atoms with Crippen molar-refractivity contribution in [3.63, 3.8) is 0 Å². The molecule has 0 aromatic heterocycles. The second-order valence-corrected chi connectivity index (χ2v) is 2.25. The van der Waals surface area contributed by atoms with E-state index in [0.29, 0.717) is 26.2 Å². The van der Waals surface area contributed by atoms with Crippen LogP contribution in [-0.4, -0.2) is 26.2 Å². The van der Waals surface area contributed by atoms with E-state index in [0.717, 1.165) is 0 Å². The molecule has 0 aliphatic carbocycles. The van der Waals surface area contributed by atoms with E-state index in [9.17, 15) is 0 Å². The first kappa shape index (κ1) is 49.5. The molecular weight excluding hydrogens is 601 g/mol. The summed E-state index contributed by atoms with van der Waals surface area (Å²) in [5.74, 6) is 0. The molecule has 14 heteroatoms. The Morgan fingerprint density at radius 3 is 0.591 bits per heavy atom. The molecule has 0 fully saturated rings. The van der Waals surface area contributed by atoms with E-state index in [1.54, 1.807) is 0 Å². The van der Waals surface area contributed by atoms with Crippen LogP contribution in [0.4, 0.5) is 0 Å². The van der Waals surface area contributed by atoms with Crippen LogP contribution in [0, 0.1) is 42.7 Å². The summed E-state index contributed by atoms with van der Waals surface area (Å²) in [6.45, 7) is 2.39. The molecule has 0 aromatic carbocycles. The largest absolute Gasteiger partial charge is 2.00 e. The molecule has 0 aliphatic heterocycles. The predicted molar refractivity (Wildman–Crippen MR) is 88.1 cm³/mol. The monoisotopic (exact) mass is 617 g/mol. The molecular formula is C8H16CuHgN8S4. The topological polar surface area (TPSA) is 199 Å². The quantitative estimate of drug-likeness (QED) is 0.149. The van der Waals surface area contributed by atoms with Crippen LogP contribution in [0.15, 0.2) is 0 Å². The number of hydrogen-bond acceptors (Lipinski definition) is 12. The molecule has 0 spiro atoms. The van der Waals surface area contributed by atoms with Gasteiger partial charge in [-0.2, -0.15) is 0 Å². The van der Waals surface area contributed by atoms with Crippen molar-refractivity contribution in [3.05, 3.63) is 0 Å². The molecule has 0 heterocycles. The van der Waals surface area contributed by atoms with Gasteiger partial charge < -0.3 is 73.4 Å². The fourth-order valence-corrected chi connectivity index (χ4v) is 0. The molecule has 0 amide bonds. The van der Waals surface area contributed by atoms with Crippen molar-refractivity contribution in [3.8, 4) is 21.6 Å². The maximum absolute atomic E-state index is 7.13. The van der Waals surface area contributed by atoms with Crippen molar-refractivity contribution in [2.75, 3.05) is 26.2 Å². The van der Waals surface area contributed by atoms with Gasteiger partial charge in [0.15, 0.2) is 0 Å². The number of nitrogens with two attached hydrogens (primary N) is 4. The summed E-state index contributed by atoms with van der Waals surface area (Å²) in [4.78, 5) is 0. The zero-order valence-electron chi connectivity index (χ0n) is 11.6. The predicted octanol–water partition coefficient (Wildman–Crippen LogP) is -2.14. The maximum Gasteiger partial charge on any atom is 2.00 e. The molecule has 0 aromatic rings. The Hall–Kier alpha value is 0.135. The van der Waals surface area contributed by atoms with Crippen molar-refractivity contribution in [1.82, 2.24) is 0 Å². The van der Waals surface area contributed by atoms with Crippen molar-refractivity contribution < 1.29 is 44.7 Å². The fraction of sp³-hybridized carbons (Fsp3) is 0.500. The van der Waals surface area contributed by atoms with Crippen LogP contribution in [0.2, 0.25) is 0 Å². The smallest absolute Gasteiger partial charge is 0.696 e. The molecule has 0 saturated carbocycles. The molecule has 0 bridgehead atoms. The molecule has 0 unspecified atom stereocenters. The first-order valence-electron chi connectivity index (χ1n) is 4.34. The van der Waals surface area contributed by atoms with E-state index in [2.05, 4.69) is 50.5 Å². The van der Waals surface area contributed by atoms with Crippen LogP contribution in [-0.2, 0) is 95.3 Å². The van der Waals surface area contributed by atoms with Crippen LogP contribution >= 0.6 is 0 Å². The Balaban J connectivity index is -0.0000000176. The second kappa shape index (κ2) is 129. The van der Waals surface area contributed by atoms with Crippen LogP contribution in [0.25, 0.3) is 0 Å². The van der Waals surface area contributed by atoms with Crippen molar-refractivity contribution >= 4 is 50.5 Å². The summed E-state index contributed by atoms with van der Waals surface area (Å²) >= 11 is 14.8. The molecule has 1 radical (unpaired) electrons. The Morgan fingerprint density at radius 1 is 0.545 bits per heavy atom. The average Bonchev–Trinajstić information content (AvgIpc) is 2.42. The number of nitriles is 4. The molecule has 125 valence electrons. The number of hydrogen-bond donors (Lipinski definition) is 4. The average molecular weight is 617 g/mol. The molecule has 22 heavy (non-hydrogen) atoms. The van der Waals surface area contributed by atoms with E-state index in [4.69, 9.17) is 44.0 Å². The second-order valence-electron chi connectivity index (χ2n) is 1.52. The summed E-state index contributed by atoms with van der Waals surface area (Å²) in [6.07, 6.45) is 0. The van der Waals surface area contributed by atoms with Crippen molar-refractivity contribution in [2.24, 2.45) is 22.9 Å². The van der Waals surface area contributed by atoms with Gasteiger partial charge in [0.05, 0.1) is 0 Å². The number of thiocyanates is 4. The zero-order valence-corrected chi connectivity index (χ0v) is 21.3. The standard InChI is InChI=1S/2C2H8N2.4CHNS.Cu.Hg/c2*3-1-2-4;4*2-1-3;;/h2*1-4H2;4*3H;;/q;;;;;;2*+2/p-4. The van der Waals surface area contributed by atoms with E-state index in [1.165, 1.54) is 21.6 Å². The van der Waals surface area contributed by atoms with Gasteiger partial charge in [0.2, 0.25) is 0 Å². The Morgan fingerprint density at radius 2 is 0.591 bits per heavy atom. The molecule has 8 N–H and O–H groups in total. The van der Waals surface area contributed by atoms with Gasteiger partial charge >= 0.3 is 44.7 Å². The van der Waals surface area contributed by atoms with Gasteiger partial charge in [-0.15, -0.1) is 0 Å². The molecule has 8 nitrogen and oxygen atoms in total. The summed E-state index contributed by atoms with van der Waals surface area (Å²) in [6, 6.07) is 0. The minimum Gasteiger partial charge on any atom is -0.696 e. The first-order valence-corrected chi connectivity index (χ1v) is 5.98. The van der Waals surface area contributed by atoms with E-state index >= 15 is 0 Å². The van der Waals surface area contributed by atoms with Crippen molar-refractivity contribution in [1.29, 1.82) is 21.0 Å². The third kappa shape index (κ3) is 1620. The van der Waals surface area contributed by atoms with Crippen LogP contribution < -0.4 is 22.9 Å². The third-order valence-electron chi connectivity index (χ3n) is 0.333. The van der Waals surface area contributed by atoms with Gasteiger partial charge in [0.25, 0.3) is 0 Å². The van der Waals surface area contributed by atoms with E-state index in [1.807, 2.05) is 0 Å². The Kier molecular flexibility index (Phi) is 291. The Bertz CT molecular complexity index is 217. The SMILES string of the molecule is N#C[S-].N#C[S-].N#C[S-].N#C[S-].NCCN.NCCN.[Cu+2].[Hg+2]. The third-order valence-corrected chi connectivity index (χ3v) is 0.333. The van der Waals surface area contributed by atoms with Gasteiger partial charge in [-0.1, -0.05) is 21.6 Å². The van der Waals surface area contributed by atoms with Crippen LogP contribution in [0.3, 0.4) is 0 Å². The summed E-state index contributed by atoms with van der Waals surface area (Å²) in [5, 5.41) is 33.9. The minimum absolute atomic E-state index is 0. The summed E-state index contributed by atoms with van der Waals surface area (Å²) in [7, 11) is 0. The minimum atomic E-state index is 0. The summed E-state index contributed by atoms with van der Waals surface area (Å²) < 4.78 is 0. The van der Waals surface area contributed by atoms with Gasteiger partial charge in [-0.3, -0.25) is 0 Å². The van der Waals surface area contributed by atoms with Gasteiger partial charge in [-0.05, 0) is 0 Å². The molecule has 0 aliphatic rings. The van der Waals surface area contributed by atoms with Gasteiger partial charge in [0, 0.05) is 26.2 Å². The number of rotatable bonds is 2. The van der Waals surface area contributed by atoms with Crippen LogP contribution in [0.5, 0.6) is 0 Å². The fourth-order valence-electron chi connectivity index (χ4n) is 0. The number of nitrogens with zero attached hydrogens (tertiary/aromatic N) is 4. The van der Waals surface area contributed by atoms with E-state index in [-0.39, 0.29) is 44.7 Å². The van der Waals surface area contributed by atoms with Crippen molar-refractivity contribution in [2.45, 2.75) is 0 Å². The maximum atomic E-state index is 7.13. The van der Waals surface area contributed by atoms with Gasteiger partial charge in [-0.25, -0.2) is 21.0 Å². The summed E-state index contributed by atoms with van der Waals surface area (Å²) in [5.41, 5.74) is 19.6.